The summed E-state index contributed by atoms with van der Waals surface area (Å²) < 4.78 is 0. The van der Waals surface area contributed by atoms with Gasteiger partial charge >= 0.3 is 6.03 Å². The third kappa shape index (κ3) is 2.30. The van der Waals surface area contributed by atoms with E-state index in [1.165, 1.54) is 0 Å². The summed E-state index contributed by atoms with van der Waals surface area (Å²) in [7, 11) is 0. The number of nitrogens with one attached hydrogen (secondary N) is 1. The van der Waals surface area contributed by atoms with Crippen molar-refractivity contribution in [3.8, 4) is 0 Å². The molecular weight excluding hydrogens is 160 g/mol. The predicted octanol–water partition coefficient (Wildman–Crippen LogP) is -0.430. The smallest absolute Gasteiger partial charge is 0.312 e. The van der Waals surface area contributed by atoms with Crippen LogP contribution in [0.5, 0.6) is 0 Å². The van der Waals surface area contributed by atoms with E-state index in [9.17, 15) is 4.79 Å². The Balaban J connectivity index is 4.56. The summed E-state index contributed by atoms with van der Waals surface area (Å²) in [6.07, 6.45) is 0.492. The maximum atomic E-state index is 10.5. The summed E-state index contributed by atoms with van der Waals surface area (Å²) in [5, 5.41) is 13.6. The normalized spacial score (nSPS) is 16.7. The molecule has 0 aromatic rings. The Labute approximate surface area is 70.6 Å². The Kier molecular flexibility index (Phi) is 3.33. The fraction of sp³-hybridized carbons (Fsp3) is 0.667. The van der Waals surface area contributed by atoms with Crippen molar-refractivity contribution in [3.63, 3.8) is 0 Å². The zero-order chi connectivity index (χ0) is 9.78. The van der Waals surface area contributed by atoms with Gasteiger partial charge in [-0.2, -0.15) is 0 Å². The molecule has 0 aliphatic heterocycles. The van der Waals surface area contributed by atoms with Crippen LogP contribution < -0.4 is 16.8 Å². The molecular formula is C6H14N4O2. The number of carbonyl (C=O) groups excluding carboxylic acids is 1. The Morgan fingerprint density at radius 1 is 1.67 bits per heavy atom. The Morgan fingerprint density at radius 2 is 2.17 bits per heavy atom. The van der Waals surface area contributed by atoms with Crippen molar-refractivity contribution in [2.45, 2.75) is 25.8 Å². The minimum atomic E-state index is -0.874. The van der Waals surface area contributed by atoms with Crippen molar-refractivity contribution in [1.29, 1.82) is 0 Å². The average Bonchev–Trinajstić information content (AvgIpc) is 2.01. The summed E-state index contributed by atoms with van der Waals surface area (Å²) in [5.74, 6) is -0.0659. The number of nitrogens with two attached hydrogens (primary N) is 2. The first kappa shape index (κ1) is 10.5. The highest BCUT2D eigenvalue weighted by Crippen LogP contribution is 2.08. The minimum Gasteiger partial charge on any atom is -0.409 e. The van der Waals surface area contributed by atoms with Gasteiger partial charge in [0, 0.05) is 0 Å². The monoisotopic (exact) mass is 174 g/mol. The van der Waals surface area contributed by atoms with E-state index in [0.717, 1.165) is 0 Å². The number of amidine groups is 1. The largest absolute Gasteiger partial charge is 0.409 e. The van der Waals surface area contributed by atoms with Gasteiger partial charge in [0.05, 0.1) is 5.54 Å². The molecule has 0 aromatic heterocycles. The maximum Gasteiger partial charge on any atom is 0.312 e. The minimum absolute atomic E-state index is 0.0659. The second-order valence-electron chi connectivity index (χ2n) is 2.66. The van der Waals surface area contributed by atoms with E-state index >= 15 is 0 Å². The molecule has 2 amide bonds. The Hall–Kier alpha value is -1.46. The molecule has 6 N–H and O–H groups in total. The van der Waals surface area contributed by atoms with Crippen LogP contribution in [-0.4, -0.2) is 22.6 Å². The number of oxime groups is 1. The Bertz CT molecular complexity index is 204. The van der Waals surface area contributed by atoms with Crippen LogP contribution >= 0.6 is 0 Å². The Morgan fingerprint density at radius 3 is 2.42 bits per heavy atom. The average molecular weight is 174 g/mol. The fourth-order valence-corrected chi connectivity index (χ4v) is 0.716. The van der Waals surface area contributed by atoms with Gasteiger partial charge in [0.15, 0.2) is 5.84 Å². The second kappa shape index (κ2) is 3.80. The molecule has 0 spiro atoms. The number of urea groups is 1. The van der Waals surface area contributed by atoms with Crippen molar-refractivity contribution in [3.05, 3.63) is 0 Å². The van der Waals surface area contributed by atoms with E-state index in [-0.39, 0.29) is 5.84 Å². The van der Waals surface area contributed by atoms with Crippen LogP contribution in [-0.2, 0) is 0 Å². The summed E-state index contributed by atoms with van der Waals surface area (Å²) in [6, 6.07) is -0.703. The summed E-state index contributed by atoms with van der Waals surface area (Å²) in [5.41, 5.74) is 9.37. The number of hydrogen-bond donors (Lipinski definition) is 4. The number of hydrogen-bond acceptors (Lipinski definition) is 3. The van der Waals surface area contributed by atoms with Crippen LogP contribution in [0, 0.1) is 0 Å². The van der Waals surface area contributed by atoms with Crippen LogP contribution in [0.25, 0.3) is 0 Å². The van der Waals surface area contributed by atoms with Crippen molar-refractivity contribution < 1.29 is 10.0 Å². The van der Waals surface area contributed by atoms with Crippen molar-refractivity contribution >= 4 is 11.9 Å². The molecule has 6 nitrogen and oxygen atoms in total. The molecule has 0 radical (unpaired) electrons. The molecule has 0 bridgehead atoms. The third-order valence-electron chi connectivity index (χ3n) is 1.78. The second-order valence-corrected chi connectivity index (χ2v) is 2.66. The number of primary amides is 1. The maximum absolute atomic E-state index is 10.5. The number of rotatable bonds is 3. The molecule has 0 fully saturated rings. The molecule has 0 rings (SSSR count). The lowest BCUT2D eigenvalue weighted by molar-refractivity contribution is 0.241. The van der Waals surface area contributed by atoms with E-state index in [0.29, 0.717) is 6.42 Å². The van der Waals surface area contributed by atoms with Crippen LogP contribution in [0.1, 0.15) is 20.3 Å². The van der Waals surface area contributed by atoms with Crippen LogP contribution in [0.15, 0.2) is 5.16 Å². The number of carbonyl (C=O) groups is 1. The molecule has 1 atom stereocenters. The highest BCUT2D eigenvalue weighted by atomic mass is 16.4. The highest BCUT2D eigenvalue weighted by Gasteiger charge is 2.28. The number of nitrogens with zero attached hydrogens (tertiary/aromatic N) is 1. The highest BCUT2D eigenvalue weighted by molar-refractivity contribution is 5.92. The van der Waals surface area contributed by atoms with Crippen LogP contribution in [0.3, 0.4) is 0 Å². The first-order valence-corrected chi connectivity index (χ1v) is 3.52. The van der Waals surface area contributed by atoms with Gasteiger partial charge in [-0.3, -0.25) is 0 Å². The lowest BCUT2D eigenvalue weighted by atomic mass is 9.98. The van der Waals surface area contributed by atoms with Crippen molar-refractivity contribution in [2.75, 3.05) is 0 Å². The van der Waals surface area contributed by atoms with Gasteiger partial charge in [-0.05, 0) is 13.3 Å². The summed E-state index contributed by atoms with van der Waals surface area (Å²) >= 11 is 0. The molecule has 0 heterocycles. The van der Waals surface area contributed by atoms with Crippen molar-refractivity contribution in [1.82, 2.24) is 5.32 Å². The molecule has 6 heteroatoms. The fourth-order valence-electron chi connectivity index (χ4n) is 0.716. The van der Waals surface area contributed by atoms with Crippen molar-refractivity contribution in [2.24, 2.45) is 16.6 Å². The molecule has 0 saturated carbocycles. The van der Waals surface area contributed by atoms with Gasteiger partial charge in [0.1, 0.15) is 0 Å². The van der Waals surface area contributed by atoms with E-state index in [4.69, 9.17) is 16.7 Å². The first-order chi connectivity index (χ1) is 5.46. The molecule has 0 aliphatic carbocycles. The zero-order valence-electron chi connectivity index (χ0n) is 7.16. The molecule has 0 aliphatic rings. The van der Waals surface area contributed by atoms with Gasteiger partial charge < -0.3 is 22.0 Å². The van der Waals surface area contributed by atoms with Gasteiger partial charge in [0.2, 0.25) is 0 Å². The zero-order valence-corrected chi connectivity index (χ0v) is 7.16. The molecule has 1 unspecified atom stereocenters. The number of amides is 2. The molecule has 12 heavy (non-hydrogen) atoms. The van der Waals surface area contributed by atoms with Gasteiger partial charge in [-0.25, -0.2) is 4.79 Å². The topological polar surface area (TPSA) is 114 Å². The van der Waals surface area contributed by atoms with Gasteiger partial charge in [0.25, 0.3) is 0 Å². The lowest BCUT2D eigenvalue weighted by Crippen LogP contribution is -2.56. The van der Waals surface area contributed by atoms with Crippen LogP contribution in [0.2, 0.25) is 0 Å². The summed E-state index contributed by atoms with van der Waals surface area (Å²) in [6.45, 7) is 3.40. The summed E-state index contributed by atoms with van der Waals surface area (Å²) in [4.78, 5) is 10.5. The van der Waals surface area contributed by atoms with Crippen LogP contribution in [0.4, 0.5) is 4.79 Å². The SMILES string of the molecule is CCC(C)(NC(N)=O)/C(N)=N/O. The third-order valence-corrected chi connectivity index (χ3v) is 1.78. The molecule has 0 aromatic carbocycles. The lowest BCUT2D eigenvalue weighted by Gasteiger charge is -2.26. The quantitative estimate of drug-likeness (QED) is 0.201. The van der Waals surface area contributed by atoms with Gasteiger partial charge in [-0.1, -0.05) is 12.1 Å². The first-order valence-electron chi connectivity index (χ1n) is 3.52. The van der Waals surface area contributed by atoms with E-state index in [2.05, 4.69) is 10.5 Å². The molecule has 70 valence electrons. The van der Waals surface area contributed by atoms with E-state index in [1.807, 2.05) is 0 Å². The standard InChI is InChI=1S/C6H14N4O2/c1-3-6(2,4(7)10-12)9-5(8)11/h12H,3H2,1-2H3,(H2,7,10)(H3,8,9,11). The molecule has 0 saturated heterocycles. The van der Waals surface area contributed by atoms with E-state index in [1.54, 1.807) is 13.8 Å². The van der Waals surface area contributed by atoms with E-state index < -0.39 is 11.6 Å². The predicted molar refractivity (Wildman–Crippen MR) is 44.8 cm³/mol. The van der Waals surface area contributed by atoms with Gasteiger partial charge in [-0.15, -0.1) is 0 Å².